The maximum atomic E-state index is 9.01. The lowest BCUT2D eigenvalue weighted by Gasteiger charge is -2.02. The first-order valence-corrected chi connectivity index (χ1v) is 8.38. The van der Waals surface area contributed by atoms with Crippen LogP contribution in [-0.4, -0.2) is 19.6 Å². The van der Waals surface area contributed by atoms with Crippen molar-refractivity contribution in [1.82, 2.24) is 19.6 Å². The summed E-state index contributed by atoms with van der Waals surface area (Å²) in [6.45, 7) is 1.38. The van der Waals surface area contributed by atoms with Gasteiger partial charge < -0.3 is 0 Å². The van der Waals surface area contributed by atoms with Gasteiger partial charge in [0.05, 0.1) is 37.1 Å². The van der Waals surface area contributed by atoms with E-state index in [0.29, 0.717) is 12.1 Å². The van der Waals surface area contributed by atoms with Gasteiger partial charge in [-0.1, -0.05) is 42.5 Å². The van der Waals surface area contributed by atoms with Gasteiger partial charge in [-0.05, 0) is 23.3 Å². The van der Waals surface area contributed by atoms with Crippen molar-refractivity contribution in [2.24, 2.45) is 0 Å². The quantitative estimate of drug-likeness (QED) is 0.557. The Morgan fingerprint density at radius 2 is 1.38 bits per heavy atom. The minimum atomic E-state index is 0.633. The van der Waals surface area contributed by atoms with Crippen LogP contribution in [0.1, 0.15) is 16.7 Å². The molecular formula is C21H17N5. The molecule has 0 aliphatic rings. The number of hydrogen-bond donors (Lipinski definition) is 0. The molecule has 5 nitrogen and oxygen atoms in total. The lowest BCUT2D eigenvalue weighted by atomic mass is 10.1. The minimum absolute atomic E-state index is 0.633. The maximum absolute atomic E-state index is 9.01. The smallest absolute Gasteiger partial charge is 0.0991 e. The minimum Gasteiger partial charge on any atom is -0.268 e. The summed E-state index contributed by atoms with van der Waals surface area (Å²) in [5.74, 6) is 0. The number of nitrogens with zero attached hydrogens (tertiary/aromatic N) is 5. The van der Waals surface area contributed by atoms with Crippen LogP contribution in [0.25, 0.3) is 11.1 Å². The molecule has 0 fully saturated rings. The van der Waals surface area contributed by atoms with E-state index in [1.165, 1.54) is 5.56 Å². The van der Waals surface area contributed by atoms with Crippen molar-refractivity contribution in [3.8, 4) is 17.2 Å². The van der Waals surface area contributed by atoms with Gasteiger partial charge in [-0.15, -0.1) is 0 Å². The summed E-state index contributed by atoms with van der Waals surface area (Å²) in [6.07, 6.45) is 7.74. The molecule has 4 rings (SSSR count). The summed E-state index contributed by atoms with van der Waals surface area (Å²) in [7, 11) is 0. The summed E-state index contributed by atoms with van der Waals surface area (Å²) in [4.78, 5) is 0. The Balaban J connectivity index is 1.49. The SMILES string of the molecule is N#Cc1cccc(Cn2cc(-c3cnn(Cc4ccccc4)c3)cn2)c1. The third-order valence-corrected chi connectivity index (χ3v) is 4.19. The van der Waals surface area contributed by atoms with Gasteiger partial charge in [0.1, 0.15) is 0 Å². The summed E-state index contributed by atoms with van der Waals surface area (Å²) >= 11 is 0. The fraction of sp³-hybridized carbons (Fsp3) is 0.0952. The molecule has 0 aliphatic heterocycles. The average molecular weight is 339 g/mol. The zero-order valence-corrected chi connectivity index (χ0v) is 14.2. The molecule has 0 saturated heterocycles. The van der Waals surface area contributed by atoms with Crippen molar-refractivity contribution in [2.45, 2.75) is 13.1 Å². The first-order chi connectivity index (χ1) is 12.8. The largest absolute Gasteiger partial charge is 0.268 e. The maximum Gasteiger partial charge on any atom is 0.0991 e. The van der Waals surface area contributed by atoms with Crippen LogP contribution in [0.4, 0.5) is 0 Å². The summed E-state index contributed by atoms with van der Waals surface area (Å²) in [6, 6.07) is 20.0. The molecule has 0 atom stereocenters. The lowest BCUT2D eigenvalue weighted by Crippen LogP contribution is -1.99. The standard InChI is InChI=1S/C21H17N5/c22-10-18-7-4-8-19(9-18)14-26-16-21(12-24-26)20-11-23-25(15-20)13-17-5-2-1-3-6-17/h1-9,11-12,15-16H,13-14H2. The molecule has 0 radical (unpaired) electrons. The number of benzene rings is 2. The van der Waals surface area contributed by atoms with E-state index in [4.69, 9.17) is 5.26 Å². The van der Waals surface area contributed by atoms with Gasteiger partial charge in [0.2, 0.25) is 0 Å². The second-order valence-corrected chi connectivity index (χ2v) is 6.15. The Kier molecular flexibility index (Phi) is 4.31. The molecule has 0 N–H and O–H groups in total. The Labute approximate surface area is 151 Å². The number of rotatable bonds is 5. The molecule has 0 aliphatic carbocycles. The fourth-order valence-corrected chi connectivity index (χ4v) is 2.89. The number of hydrogen-bond acceptors (Lipinski definition) is 3. The summed E-state index contributed by atoms with van der Waals surface area (Å²) in [5, 5.41) is 17.9. The molecule has 0 amide bonds. The van der Waals surface area contributed by atoms with Crippen molar-refractivity contribution in [3.05, 3.63) is 96.1 Å². The third kappa shape index (κ3) is 3.55. The van der Waals surface area contributed by atoms with Gasteiger partial charge in [-0.25, -0.2) is 0 Å². The second-order valence-electron chi connectivity index (χ2n) is 6.15. The van der Waals surface area contributed by atoms with Crippen molar-refractivity contribution in [1.29, 1.82) is 5.26 Å². The van der Waals surface area contributed by atoms with Gasteiger partial charge >= 0.3 is 0 Å². The third-order valence-electron chi connectivity index (χ3n) is 4.19. The van der Waals surface area contributed by atoms with Crippen molar-refractivity contribution in [3.63, 3.8) is 0 Å². The van der Waals surface area contributed by atoms with Crippen molar-refractivity contribution in [2.75, 3.05) is 0 Å². The molecule has 26 heavy (non-hydrogen) atoms. The molecule has 0 unspecified atom stereocenters. The number of nitriles is 1. The predicted molar refractivity (Wildman–Crippen MR) is 99.3 cm³/mol. The zero-order chi connectivity index (χ0) is 17.8. The Bertz CT molecular complexity index is 1050. The fourth-order valence-electron chi connectivity index (χ4n) is 2.89. The molecule has 126 valence electrons. The molecule has 5 heteroatoms. The molecule has 2 aromatic carbocycles. The normalized spacial score (nSPS) is 10.6. The predicted octanol–water partition coefficient (Wildman–Crippen LogP) is 3.71. The Hall–Kier alpha value is -3.65. The van der Waals surface area contributed by atoms with Gasteiger partial charge in [0, 0.05) is 23.5 Å². The van der Waals surface area contributed by atoms with Crippen molar-refractivity contribution >= 4 is 0 Å². The van der Waals surface area contributed by atoms with Gasteiger partial charge in [0.25, 0.3) is 0 Å². The topological polar surface area (TPSA) is 59.4 Å². The van der Waals surface area contributed by atoms with Gasteiger partial charge in [-0.2, -0.15) is 15.5 Å². The lowest BCUT2D eigenvalue weighted by molar-refractivity contribution is 0.686. The monoisotopic (exact) mass is 339 g/mol. The van der Waals surface area contributed by atoms with Crippen LogP contribution < -0.4 is 0 Å². The van der Waals surface area contributed by atoms with E-state index in [0.717, 1.165) is 23.2 Å². The van der Waals surface area contributed by atoms with Crippen LogP contribution >= 0.6 is 0 Å². The highest BCUT2D eigenvalue weighted by atomic mass is 15.3. The van der Waals surface area contributed by atoms with Crippen LogP contribution in [0.2, 0.25) is 0 Å². The van der Waals surface area contributed by atoms with Crippen LogP contribution in [0.15, 0.2) is 79.4 Å². The van der Waals surface area contributed by atoms with Crippen LogP contribution in [0.5, 0.6) is 0 Å². The molecule has 2 heterocycles. The average Bonchev–Trinajstić information content (AvgIpc) is 3.32. The van der Waals surface area contributed by atoms with Crippen LogP contribution in [0.3, 0.4) is 0 Å². The van der Waals surface area contributed by atoms with E-state index in [1.807, 2.05) is 70.5 Å². The number of aromatic nitrogens is 4. The van der Waals surface area contributed by atoms with E-state index in [2.05, 4.69) is 28.4 Å². The highest BCUT2D eigenvalue weighted by Gasteiger charge is 2.06. The van der Waals surface area contributed by atoms with Gasteiger partial charge in [-0.3, -0.25) is 9.36 Å². The van der Waals surface area contributed by atoms with Gasteiger partial charge in [0.15, 0.2) is 0 Å². The molecule has 2 aromatic heterocycles. The Morgan fingerprint density at radius 1 is 0.769 bits per heavy atom. The first kappa shape index (κ1) is 15.9. The summed E-state index contributed by atoms with van der Waals surface area (Å²) in [5.41, 5.74) is 5.00. The molecular weight excluding hydrogens is 322 g/mol. The van der Waals surface area contributed by atoms with Crippen LogP contribution in [0, 0.1) is 11.3 Å². The highest BCUT2D eigenvalue weighted by molar-refractivity contribution is 5.59. The van der Waals surface area contributed by atoms with E-state index in [1.54, 1.807) is 6.07 Å². The van der Waals surface area contributed by atoms with E-state index in [9.17, 15) is 0 Å². The Morgan fingerprint density at radius 3 is 2.04 bits per heavy atom. The van der Waals surface area contributed by atoms with Crippen LogP contribution in [-0.2, 0) is 13.1 Å². The highest BCUT2D eigenvalue weighted by Crippen LogP contribution is 2.18. The second kappa shape index (κ2) is 7.08. The molecule has 4 aromatic rings. The van der Waals surface area contributed by atoms with E-state index >= 15 is 0 Å². The first-order valence-electron chi connectivity index (χ1n) is 8.38. The molecule has 0 saturated carbocycles. The van der Waals surface area contributed by atoms with E-state index in [-0.39, 0.29) is 0 Å². The van der Waals surface area contributed by atoms with E-state index < -0.39 is 0 Å². The zero-order valence-electron chi connectivity index (χ0n) is 14.2. The molecule has 0 spiro atoms. The molecule has 0 bridgehead atoms. The van der Waals surface area contributed by atoms with Crippen molar-refractivity contribution < 1.29 is 0 Å². The summed E-state index contributed by atoms with van der Waals surface area (Å²) < 4.78 is 3.80.